The Bertz CT molecular complexity index is 585. The zero-order chi connectivity index (χ0) is 14.4. The van der Waals surface area contributed by atoms with Crippen LogP contribution >= 0.6 is 22.9 Å². The second-order valence-corrected chi connectivity index (χ2v) is 5.78. The van der Waals surface area contributed by atoms with Crippen molar-refractivity contribution < 1.29 is 4.79 Å². The van der Waals surface area contributed by atoms with Gasteiger partial charge in [-0.2, -0.15) is 0 Å². The van der Waals surface area contributed by atoms with Crippen LogP contribution in [0.25, 0.3) is 0 Å². The molecular weight excluding hydrogens is 294 g/mol. The van der Waals surface area contributed by atoms with Gasteiger partial charge < -0.3 is 10.6 Å². The van der Waals surface area contributed by atoms with E-state index >= 15 is 0 Å². The Morgan fingerprint density at radius 3 is 2.90 bits per heavy atom. The van der Waals surface area contributed by atoms with Crippen molar-refractivity contribution in [1.29, 1.82) is 0 Å². The first-order valence-electron chi connectivity index (χ1n) is 6.31. The number of carbonyl (C=O) groups is 1. The second kappa shape index (κ2) is 7.38. The molecule has 0 atom stereocenters. The minimum absolute atomic E-state index is 0.104. The molecule has 0 saturated heterocycles. The van der Waals surface area contributed by atoms with Gasteiger partial charge in [0.1, 0.15) is 0 Å². The number of aromatic nitrogens is 1. The topological polar surface area (TPSA) is 54.0 Å². The van der Waals surface area contributed by atoms with Gasteiger partial charge in [0, 0.05) is 18.3 Å². The predicted octanol–water partition coefficient (Wildman–Crippen LogP) is 2.88. The molecule has 0 radical (unpaired) electrons. The molecule has 0 bridgehead atoms. The van der Waals surface area contributed by atoms with Gasteiger partial charge in [0.2, 0.25) is 5.91 Å². The summed E-state index contributed by atoms with van der Waals surface area (Å²) in [6.45, 7) is 2.96. The third kappa shape index (κ3) is 4.59. The molecule has 0 aliphatic heterocycles. The number of halogens is 1. The van der Waals surface area contributed by atoms with Gasteiger partial charge >= 0.3 is 0 Å². The summed E-state index contributed by atoms with van der Waals surface area (Å²) >= 11 is 7.61. The first-order valence-corrected chi connectivity index (χ1v) is 7.57. The van der Waals surface area contributed by atoms with Crippen LogP contribution in [0.4, 0.5) is 5.69 Å². The van der Waals surface area contributed by atoms with Crippen LogP contribution < -0.4 is 10.6 Å². The molecule has 4 nitrogen and oxygen atoms in total. The molecule has 1 aromatic heterocycles. The molecule has 2 N–H and O–H groups in total. The monoisotopic (exact) mass is 309 g/mol. The molecule has 106 valence electrons. The van der Waals surface area contributed by atoms with E-state index in [0.717, 1.165) is 23.7 Å². The smallest absolute Gasteiger partial charge is 0.238 e. The van der Waals surface area contributed by atoms with Crippen molar-refractivity contribution in [3.63, 3.8) is 0 Å². The van der Waals surface area contributed by atoms with Crippen molar-refractivity contribution in [2.24, 2.45) is 0 Å². The van der Waals surface area contributed by atoms with E-state index in [2.05, 4.69) is 15.6 Å². The highest BCUT2D eigenvalue weighted by atomic mass is 35.5. The van der Waals surface area contributed by atoms with Gasteiger partial charge in [0.15, 0.2) is 0 Å². The van der Waals surface area contributed by atoms with Gasteiger partial charge in [0.05, 0.1) is 28.0 Å². The van der Waals surface area contributed by atoms with Crippen LogP contribution in [-0.4, -0.2) is 24.0 Å². The lowest BCUT2D eigenvalue weighted by Gasteiger charge is -2.07. The number of nitrogens with zero attached hydrogens (tertiary/aromatic N) is 1. The minimum atomic E-state index is -0.104. The number of amides is 1. The lowest BCUT2D eigenvalue weighted by Crippen LogP contribution is -2.29. The summed E-state index contributed by atoms with van der Waals surface area (Å²) < 4.78 is 0. The van der Waals surface area contributed by atoms with Crippen molar-refractivity contribution in [3.8, 4) is 0 Å². The van der Waals surface area contributed by atoms with E-state index < -0.39 is 0 Å². The standard InChI is InChI=1S/C14H16ClN3OS/c1-10-17-11(9-20-10)6-7-16-8-14(19)18-13-5-3-2-4-12(13)15/h2-5,9,16H,6-8H2,1H3,(H,18,19). The molecule has 0 fully saturated rings. The van der Waals surface area contributed by atoms with E-state index in [-0.39, 0.29) is 12.5 Å². The number of hydrogen-bond acceptors (Lipinski definition) is 4. The molecule has 0 aliphatic carbocycles. The van der Waals surface area contributed by atoms with Gasteiger partial charge in [0.25, 0.3) is 0 Å². The van der Waals surface area contributed by atoms with Crippen LogP contribution in [0.3, 0.4) is 0 Å². The van der Waals surface area contributed by atoms with Crippen LogP contribution in [0.15, 0.2) is 29.6 Å². The van der Waals surface area contributed by atoms with Gasteiger partial charge in [-0.1, -0.05) is 23.7 Å². The molecule has 2 aromatic rings. The van der Waals surface area contributed by atoms with E-state index in [0.29, 0.717) is 10.7 Å². The van der Waals surface area contributed by atoms with Crippen molar-refractivity contribution in [1.82, 2.24) is 10.3 Å². The largest absolute Gasteiger partial charge is 0.324 e. The second-order valence-electron chi connectivity index (χ2n) is 4.31. The Balaban J connectivity index is 1.69. The van der Waals surface area contributed by atoms with E-state index in [4.69, 9.17) is 11.6 Å². The quantitative estimate of drug-likeness (QED) is 0.807. The summed E-state index contributed by atoms with van der Waals surface area (Å²) in [7, 11) is 0. The zero-order valence-corrected chi connectivity index (χ0v) is 12.7. The lowest BCUT2D eigenvalue weighted by molar-refractivity contribution is -0.115. The fourth-order valence-corrected chi connectivity index (χ4v) is 2.53. The Hall–Kier alpha value is -1.43. The number of anilines is 1. The van der Waals surface area contributed by atoms with Gasteiger partial charge in [-0.15, -0.1) is 11.3 Å². The van der Waals surface area contributed by atoms with E-state index in [1.165, 1.54) is 0 Å². The Labute approximate surface area is 127 Å². The first-order chi connectivity index (χ1) is 9.65. The van der Waals surface area contributed by atoms with Crippen molar-refractivity contribution in [2.75, 3.05) is 18.4 Å². The van der Waals surface area contributed by atoms with Gasteiger partial charge in [-0.05, 0) is 19.1 Å². The number of benzene rings is 1. The highest BCUT2D eigenvalue weighted by Crippen LogP contribution is 2.19. The molecule has 6 heteroatoms. The number of nitrogens with one attached hydrogen (secondary N) is 2. The summed E-state index contributed by atoms with van der Waals surface area (Å²) in [5.74, 6) is -0.104. The van der Waals surface area contributed by atoms with Gasteiger partial charge in [-0.25, -0.2) is 4.98 Å². The molecule has 2 rings (SSSR count). The molecule has 0 spiro atoms. The third-order valence-electron chi connectivity index (χ3n) is 2.66. The predicted molar refractivity (Wildman–Crippen MR) is 83.5 cm³/mol. The van der Waals surface area contributed by atoms with Crippen LogP contribution in [-0.2, 0) is 11.2 Å². The van der Waals surface area contributed by atoms with Crippen molar-refractivity contribution in [2.45, 2.75) is 13.3 Å². The minimum Gasteiger partial charge on any atom is -0.324 e. The van der Waals surface area contributed by atoms with E-state index in [1.54, 1.807) is 23.5 Å². The Morgan fingerprint density at radius 1 is 1.40 bits per heavy atom. The lowest BCUT2D eigenvalue weighted by atomic mass is 10.3. The maximum absolute atomic E-state index is 11.7. The molecule has 0 aliphatic rings. The maximum atomic E-state index is 11.7. The molecular formula is C14H16ClN3OS. The molecule has 1 aromatic carbocycles. The number of thiazole rings is 1. The van der Waals surface area contributed by atoms with Crippen LogP contribution in [0.2, 0.25) is 5.02 Å². The highest BCUT2D eigenvalue weighted by Gasteiger charge is 2.05. The van der Waals surface area contributed by atoms with E-state index in [9.17, 15) is 4.79 Å². The molecule has 0 unspecified atom stereocenters. The number of para-hydroxylation sites is 1. The maximum Gasteiger partial charge on any atom is 0.238 e. The van der Waals surface area contributed by atoms with Crippen molar-refractivity contribution >= 4 is 34.5 Å². The zero-order valence-electron chi connectivity index (χ0n) is 11.1. The Kier molecular flexibility index (Phi) is 5.52. The van der Waals surface area contributed by atoms with Crippen LogP contribution in [0, 0.1) is 6.92 Å². The number of hydrogen-bond donors (Lipinski definition) is 2. The van der Waals surface area contributed by atoms with Gasteiger partial charge in [-0.3, -0.25) is 4.79 Å². The van der Waals surface area contributed by atoms with Crippen molar-refractivity contribution in [3.05, 3.63) is 45.4 Å². The molecule has 1 amide bonds. The summed E-state index contributed by atoms with van der Waals surface area (Å²) in [5, 5.41) is 9.51. The number of carbonyl (C=O) groups excluding carboxylic acids is 1. The number of aryl methyl sites for hydroxylation is 1. The fraction of sp³-hybridized carbons (Fsp3) is 0.286. The molecule has 1 heterocycles. The SMILES string of the molecule is Cc1nc(CCNCC(=O)Nc2ccccc2Cl)cs1. The molecule has 20 heavy (non-hydrogen) atoms. The van der Waals surface area contributed by atoms with Crippen LogP contribution in [0.1, 0.15) is 10.7 Å². The third-order valence-corrected chi connectivity index (χ3v) is 3.81. The fourth-order valence-electron chi connectivity index (χ4n) is 1.70. The summed E-state index contributed by atoms with van der Waals surface area (Å²) in [6.07, 6.45) is 0.823. The summed E-state index contributed by atoms with van der Waals surface area (Å²) in [6, 6.07) is 7.18. The average molecular weight is 310 g/mol. The normalized spacial score (nSPS) is 10.5. The molecule has 0 saturated carbocycles. The highest BCUT2D eigenvalue weighted by molar-refractivity contribution is 7.09. The average Bonchev–Trinajstić information content (AvgIpc) is 2.83. The van der Waals surface area contributed by atoms with E-state index in [1.807, 2.05) is 24.4 Å². The van der Waals surface area contributed by atoms with Crippen LogP contribution in [0.5, 0.6) is 0 Å². The summed E-state index contributed by atoms with van der Waals surface area (Å²) in [4.78, 5) is 16.1. The summed E-state index contributed by atoms with van der Waals surface area (Å²) in [5.41, 5.74) is 1.70. The number of rotatable bonds is 6. The first kappa shape index (κ1) is 15.0. The Morgan fingerprint density at radius 2 is 2.20 bits per heavy atom.